The zero-order valence-electron chi connectivity index (χ0n) is 19.1. The third-order valence-corrected chi connectivity index (χ3v) is 5.82. The topological polar surface area (TPSA) is 96.8 Å². The highest BCUT2D eigenvalue weighted by Gasteiger charge is 2.22. The first-order chi connectivity index (χ1) is 17.3. The number of hydrogen-bond acceptors (Lipinski definition) is 5. The van der Waals surface area contributed by atoms with Crippen molar-refractivity contribution in [2.24, 2.45) is 0 Å². The Morgan fingerprint density at radius 2 is 1.61 bits per heavy atom. The second kappa shape index (κ2) is 10.6. The number of carbonyl (C=O) groups excluding carboxylic acids is 2. The molecule has 0 aliphatic carbocycles. The number of nitrogens with zero attached hydrogens (tertiary/aromatic N) is 2. The Balaban J connectivity index is 1.52. The quantitative estimate of drug-likeness (QED) is 0.165. The van der Waals surface area contributed by atoms with Crippen molar-refractivity contribution in [3.8, 4) is 11.5 Å². The lowest BCUT2D eigenvalue weighted by molar-refractivity contribution is -0.118. The van der Waals surface area contributed by atoms with Gasteiger partial charge >= 0.3 is 0 Å². The van der Waals surface area contributed by atoms with Crippen molar-refractivity contribution in [2.75, 3.05) is 17.7 Å². The van der Waals surface area contributed by atoms with Gasteiger partial charge in [-0.1, -0.05) is 0 Å². The van der Waals surface area contributed by atoms with E-state index in [0.29, 0.717) is 17.0 Å². The van der Waals surface area contributed by atoms with Crippen molar-refractivity contribution in [3.05, 3.63) is 94.4 Å². The van der Waals surface area contributed by atoms with E-state index >= 15 is 0 Å². The van der Waals surface area contributed by atoms with Crippen LogP contribution in [0, 0.1) is 11.6 Å². The molecule has 184 valence electrons. The van der Waals surface area contributed by atoms with Gasteiger partial charge in [-0.25, -0.2) is 13.3 Å². The summed E-state index contributed by atoms with van der Waals surface area (Å²) in [4.78, 5) is 25.7. The lowest BCUT2D eigenvalue weighted by Gasteiger charge is -2.14. The highest BCUT2D eigenvalue weighted by Crippen LogP contribution is 2.33. The van der Waals surface area contributed by atoms with E-state index in [1.54, 1.807) is 36.8 Å². The molecule has 0 aliphatic rings. The van der Waals surface area contributed by atoms with Crippen LogP contribution in [0.4, 0.5) is 20.2 Å². The summed E-state index contributed by atoms with van der Waals surface area (Å²) in [5, 5.41) is 12.0. The molecule has 0 unspecified atom stereocenters. The lowest BCUT2D eigenvalue weighted by Crippen LogP contribution is -2.29. The number of benzene rings is 2. The van der Waals surface area contributed by atoms with Gasteiger partial charge in [0.05, 0.1) is 6.20 Å². The van der Waals surface area contributed by atoms with E-state index in [2.05, 4.69) is 37.0 Å². The Labute approximate surface area is 213 Å². The predicted octanol–water partition coefficient (Wildman–Crippen LogP) is 5.24. The van der Waals surface area contributed by atoms with Gasteiger partial charge in [-0.2, -0.15) is 5.10 Å². The monoisotopic (exact) mass is 555 g/mol. The van der Waals surface area contributed by atoms with Crippen molar-refractivity contribution in [3.63, 3.8) is 0 Å². The van der Waals surface area contributed by atoms with Gasteiger partial charge in [0.2, 0.25) is 0 Å². The second-order valence-electron chi connectivity index (χ2n) is 7.56. The normalized spacial score (nSPS) is 11.6. The highest BCUT2D eigenvalue weighted by molar-refractivity contribution is 9.10. The third-order valence-electron chi connectivity index (χ3n) is 5.18. The zero-order valence-corrected chi connectivity index (χ0v) is 20.7. The van der Waals surface area contributed by atoms with Gasteiger partial charge in [0.25, 0.3) is 11.8 Å². The summed E-state index contributed by atoms with van der Waals surface area (Å²) in [5.41, 5.74) is 1.11. The number of halogens is 3. The average molecular weight is 556 g/mol. The minimum Gasteiger partial charge on any atom is -0.452 e. The largest absolute Gasteiger partial charge is 0.452 e. The molecule has 36 heavy (non-hydrogen) atoms. The van der Waals surface area contributed by atoms with Crippen molar-refractivity contribution in [1.29, 1.82) is 0 Å². The van der Waals surface area contributed by atoms with E-state index < -0.39 is 23.4 Å². The van der Waals surface area contributed by atoms with Crippen LogP contribution in [0.3, 0.4) is 0 Å². The SMILES string of the molecule is CN/C(C)=C(\C(=O)Nc1ccc(F)cc1)C(=O)Nc1ccc(Oc2ccnn3ccc(Br)c23)c(F)c1. The average Bonchev–Trinajstić information content (AvgIpc) is 3.24. The standard InChI is InChI=1S/C25H20BrF2N5O3/c1-14(29-2)22(24(34)31-16-5-3-15(27)4-6-16)25(35)32-17-7-8-20(19(28)13-17)36-21-9-11-30-33-12-10-18(26)23(21)33/h3-13,29H,1-2H3,(H,31,34)(H,32,35)/b22-14+. The van der Waals surface area contributed by atoms with Crippen molar-refractivity contribution < 1.29 is 23.1 Å². The van der Waals surface area contributed by atoms with E-state index in [-0.39, 0.29) is 22.7 Å². The van der Waals surface area contributed by atoms with E-state index in [1.165, 1.54) is 42.6 Å². The molecule has 0 aliphatic heterocycles. The molecular formula is C25H20BrF2N5O3. The minimum absolute atomic E-state index is 0.0644. The molecule has 2 aromatic carbocycles. The number of aromatic nitrogens is 2. The Hall–Kier alpha value is -4.25. The molecule has 0 fully saturated rings. The molecule has 3 N–H and O–H groups in total. The number of fused-ring (bicyclic) bond motifs is 1. The number of hydrogen-bond donors (Lipinski definition) is 3. The van der Waals surface area contributed by atoms with Crippen LogP contribution < -0.4 is 20.7 Å². The maximum atomic E-state index is 14.9. The van der Waals surface area contributed by atoms with Gasteiger partial charge in [-0.3, -0.25) is 9.59 Å². The second-order valence-corrected chi connectivity index (χ2v) is 8.42. The fourth-order valence-corrected chi connectivity index (χ4v) is 3.82. The number of carbonyl (C=O) groups is 2. The fourth-order valence-electron chi connectivity index (χ4n) is 3.33. The molecule has 0 atom stereocenters. The summed E-state index contributed by atoms with van der Waals surface area (Å²) in [6.45, 7) is 1.55. The Morgan fingerprint density at radius 1 is 0.944 bits per heavy atom. The van der Waals surface area contributed by atoms with E-state index in [4.69, 9.17) is 4.74 Å². The van der Waals surface area contributed by atoms with Gasteiger partial charge < -0.3 is 20.7 Å². The molecule has 4 aromatic rings. The van der Waals surface area contributed by atoms with Crippen molar-refractivity contribution >= 4 is 44.6 Å². The number of nitrogens with one attached hydrogen (secondary N) is 3. The smallest absolute Gasteiger partial charge is 0.263 e. The van der Waals surface area contributed by atoms with E-state index in [0.717, 1.165) is 10.5 Å². The summed E-state index contributed by atoms with van der Waals surface area (Å²) in [6.07, 6.45) is 3.25. The summed E-state index contributed by atoms with van der Waals surface area (Å²) >= 11 is 3.41. The first kappa shape index (κ1) is 24.9. The van der Waals surface area contributed by atoms with Crippen molar-refractivity contribution in [1.82, 2.24) is 14.9 Å². The molecule has 0 spiro atoms. The lowest BCUT2D eigenvalue weighted by atomic mass is 10.1. The van der Waals surface area contributed by atoms with Crippen LogP contribution in [0.25, 0.3) is 5.52 Å². The maximum Gasteiger partial charge on any atom is 0.263 e. The molecule has 0 saturated carbocycles. The van der Waals surface area contributed by atoms with Gasteiger partial charge in [0.15, 0.2) is 17.3 Å². The first-order valence-electron chi connectivity index (χ1n) is 10.6. The van der Waals surface area contributed by atoms with Gasteiger partial charge in [0.1, 0.15) is 16.9 Å². The van der Waals surface area contributed by atoms with Crippen LogP contribution in [0.15, 0.2) is 82.7 Å². The molecular weight excluding hydrogens is 536 g/mol. The fraction of sp³-hybridized carbons (Fsp3) is 0.0800. The van der Waals surface area contributed by atoms with E-state index in [1.807, 2.05) is 0 Å². The summed E-state index contributed by atoms with van der Waals surface area (Å²) in [6, 6.07) is 12.4. The third kappa shape index (κ3) is 5.36. The molecule has 2 heterocycles. The van der Waals surface area contributed by atoms with Crippen LogP contribution >= 0.6 is 15.9 Å². The number of rotatable bonds is 7. The molecule has 4 rings (SSSR count). The molecule has 0 radical (unpaired) electrons. The molecule has 2 amide bonds. The van der Waals surface area contributed by atoms with Gasteiger partial charge in [-0.05, 0) is 65.3 Å². The molecule has 2 aromatic heterocycles. The van der Waals surface area contributed by atoms with Crippen LogP contribution in [0.2, 0.25) is 0 Å². The zero-order chi connectivity index (χ0) is 25.8. The summed E-state index contributed by atoms with van der Waals surface area (Å²) < 4.78 is 36.1. The Bertz CT molecular complexity index is 1490. The highest BCUT2D eigenvalue weighted by atomic mass is 79.9. The molecule has 11 heteroatoms. The minimum atomic E-state index is -0.762. The number of ether oxygens (including phenoxy) is 1. The van der Waals surface area contributed by atoms with Gasteiger partial charge in [0, 0.05) is 46.9 Å². The van der Waals surface area contributed by atoms with Crippen LogP contribution in [-0.4, -0.2) is 28.5 Å². The maximum absolute atomic E-state index is 14.9. The Kier molecular flexibility index (Phi) is 7.30. The van der Waals surface area contributed by atoms with Crippen molar-refractivity contribution in [2.45, 2.75) is 6.92 Å². The molecule has 0 saturated heterocycles. The number of anilines is 2. The van der Waals surface area contributed by atoms with Crippen LogP contribution in [0.5, 0.6) is 11.5 Å². The number of amides is 2. The predicted molar refractivity (Wildman–Crippen MR) is 135 cm³/mol. The molecule has 0 bridgehead atoms. The Morgan fingerprint density at radius 3 is 2.28 bits per heavy atom. The van der Waals surface area contributed by atoms with Crippen LogP contribution in [0.1, 0.15) is 6.92 Å². The van der Waals surface area contributed by atoms with E-state index in [9.17, 15) is 18.4 Å². The molecule has 8 nitrogen and oxygen atoms in total. The summed E-state index contributed by atoms with van der Waals surface area (Å²) in [5.74, 6) is -2.35. The first-order valence-corrected chi connectivity index (χ1v) is 11.4. The number of allylic oxidation sites excluding steroid dienone is 1. The summed E-state index contributed by atoms with van der Waals surface area (Å²) in [7, 11) is 1.55. The van der Waals surface area contributed by atoms with Crippen LogP contribution in [-0.2, 0) is 9.59 Å². The van der Waals surface area contributed by atoms with Gasteiger partial charge in [-0.15, -0.1) is 0 Å².